The molecule has 1 aliphatic rings. The summed E-state index contributed by atoms with van der Waals surface area (Å²) in [5, 5.41) is 3.67. The molecule has 1 aliphatic carbocycles. The van der Waals surface area contributed by atoms with E-state index in [0.29, 0.717) is 6.04 Å². The maximum Gasteiger partial charge on any atom is 0.0208 e. The van der Waals surface area contributed by atoms with Gasteiger partial charge in [-0.25, -0.2) is 0 Å². The first-order chi connectivity index (χ1) is 7.86. The number of nitrogens with one attached hydrogen (secondary N) is 1. The van der Waals surface area contributed by atoms with Crippen molar-refractivity contribution in [1.29, 1.82) is 0 Å². The lowest BCUT2D eigenvalue weighted by atomic mass is 9.84. The van der Waals surface area contributed by atoms with Crippen molar-refractivity contribution in [3.63, 3.8) is 0 Å². The Morgan fingerprint density at radius 2 is 1.81 bits per heavy atom. The quantitative estimate of drug-likeness (QED) is 0.810. The summed E-state index contributed by atoms with van der Waals surface area (Å²) in [5.74, 6) is 0.900. The molecule has 88 valence electrons. The second-order valence-electron chi connectivity index (χ2n) is 5.05. The van der Waals surface area contributed by atoms with E-state index in [2.05, 4.69) is 42.6 Å². The molecule has 1 saturated carbocycles. The summed E-state index contributed by atoms with van der Waals surface area (Å²) in [6.45, 7) is 3.36. The summed E-state index contributed by atoms with van der Waals surface area (Å²) in [7, 11) is 0. The van der Waals surface area contributed by atoms with Crippen LogP contribution in [0.15, 0.2) is 30.3 Å². The van der Waals surface area contributed by atoms with Gasteiger partial charge >= 0.3 is 0 Å². The minimum atomic E-state index is 0.667. The molecule has 0 bridgehead atoms. The standard InChI is InChI=1S/C15H23N/c1-13(15-10-6-3-7-11-15)16-12-14-8-4-2-5-9-14/h2,4-5,8-9,13,15-16H,3,6-7,10-12H2,1H3/t13-/m0/s1. The fraction of sp³-hybridized carbons (Fsp3) is 0.600. The third-order valence-corrected chi connectivity index (χ3v) is 3.83. The lowest BCUT2D eigenvalue weighted by molar-refractivity contribution is 0.280. The minimum absolute atomic E-state index is 0.667. The molecule has 16 heavy (non-hydrogen) atoms. The van der Waals surface area contributed by atoms with Crippen molar-refractivity contribution < 1.29 is 0 Å². The van der Waals surface area contributed by atoms with Crippen LogP contribution in [0.4, 0.5) is 0 Å². The molecule has 2 rings (SSSR count). The van der Waals surface area contributed by atoms with E-state index in [1.807, 2.05) is 0 Å². The lowest BCUT2D eigenvalue weighted by Crippen LogP contribution is -2.34. The molecular weight excluding hydrogens is 194 g/mol. The maximum atomic E-state index is 3.67. The van der Waals surface area contributed by atoms with Crippen LogP contribution in [0.1, 0.15) is 44.6 Å². The Labute approximate surface area is 99.3 Å². The van der Waals surface area contributed by atoms with Crippen LogP contribution in [-0.2, 0) is 6.54 Å². The Hall–Kier alpha value is -0.820. The summed E-state index contributed by atoms with van der Waals surface area (Å²) >= 11 is 0. The molecule has 0 saturated heterocycles. The van der Waals surface area contributed by atoms with Gasteiger partial charge in [0.15, 0.2) is 0 Å². The molecule has 1 nitrogen and oxygen atoms in total. The highest BCUT2D eigenvalue weighted by Crippen LogP contribution is 2.26. The highest BCUT2D eigenvalue weighted by atomic mass is 14.9. The van der Waals surface area contributed by atoms with Gasteiger partial charge in [-0.2, -0.15) is 0 Å². The highest BCUT2D eigenvalue weighted by Gasteiger charge is 2.19. The molecule has 0 amide bonds. The van der Waals surface area contributed by atoms with Crippen molar-refractivity contribution in [2.75, 3.05) is 0 Å². The van der Waals surface area contributed by atoms with Crippen molar-refractivity contribution in [3.05, 3.63) is 35.9 Å². The molecule has 0 heterocycles. The largest absolute Gasteiger partial charge is 0.310 e. The van der Waals surface area contributed by atoms with Crippen LogP contribution in [-0.4, -0.2) is 6.04 Å². The van der Waals surface area contributed by atoms with E-state index in [9.17, 15) is 0 Å². The Morgan fingerprint density at radius 3 is 2.50 bits per heavy atom. The zero-order valence-electron chi connectivity index (χ0n) is 10.3. The van der Waals surface area contributed by atoms with Gasteiger partial charge in [-0.1, -0.05) is 49.6 Å². The summed E-state index contributed by atoms with van der Waals surface area (Å²) in [6, 6.07) is 11.4. The number of rotatable bonds is 4. The maximum absolute atomic E-state index is 3.67. The van der Waals surface area contributed by atoms with Gasteiger partial charge < -0.3 is 5.32 Å². The van der Waals surface area contributed by atoms with E-state index in [4.69, 9.17) is 0 Å². The number of hydrogen-bond donors (Lipinski definition) is 1. The van der Waals surface area contributed by atoms with Crippen LogP contribution in [0, 0.1) is 5.92 Å². The molecule has 0 aromatic heterocycles. The van der Waals surface area contributed by atoms with Gasteiger partial charge in [0, 0.05) is 12.6 Å². The predicted molar refractivity (Wildman–Crippen MR) is 69.3 cm³/mol. The lowest BCUT2D eigenvalue weighted by Gasteiger charge is -2.28. The zero-order chi connectivity index (χ0) is 11.2. The van der Waals surface area contributed by atoms with E-state index in [-0.39, 0.29) is 0 Å². The topological polar surface area (TPSA) is 12.0 Å². The molecule has 1 N–H and O–H groups in total. The second kappa shape index (κ2) is 6.05. The predicted octanol–water partition coefficient (Wildman–Crippen LogP) is 3.75. The van der Waals surface area contributed by atoms with Gasteiger partial charge in [-0.15, -0.1) is 0 Å². The first-order valence-corrected chi connectivity index (χ1v) is 6.63. The average Bonchev–Trinajstić information content (AvgIpc) is 2.38. The van der Waals surface area contributed by atoms with Crippen molar-refractivity contribution in [2.24, 2.45) is 5.92 Å². The number of hydrogen-bond acceptors (Lipinski definition) is 1. The van der Waals surface area contributed by atoms with Crippen LogP contribution in [0.3, 0.4) is 0 Å². The first kappa shape index (κ1) is 11.7. The molecule has 0 spiro atoms. The molecule has 1 heteroatoms. The molecule has 0 unspecified atom stereocenters. The highest BCUT2D eigenvalue weighted by molar-refractivity contribution is 5.14. The van der Waals surface area contributed by atoms with Gasteiger partial charge in [-0.3, -0.25) is 0 Å². The Morgan fingerprint density at radius 1 is 1.12 bits per heavy atom. The zero-order valence-corrected chi connectivity index (χ0v) is 10.3. The van der Waals surface area contributed by atoms with Crippen molar-refractivity contribution in [2.45, 2.75) is 51.6 Å². The van der Waals surface area contributed by atoms with Gasteiger partial charge in [0.05, 0.1) is 0 Å². The number of benzene rings is 1. The third kappa shape index (κ3) is 3.34. The summed E-state index contributed by atoms with van der Waals surface area (Å²) < 4.78 is 0. The van der Waals surface area contributed by atoms with Crippen LogP contribution < -0.4 is 5.32 Å². The fourth-order valence-electron chi connectivity index (χ4n) is 2.68. The van der Waals surface area contributed by atoms with Gasteiger partial charge in [0.25, 0.3) is 0 Å². The molecule has 1 aromatic rings. The monoisotopic (exact) mass is 217 g/mol. The first-order valence-electron chi connectivity index (χ1n) is 6.63. The molecule has 0 radical (unpaired) electrons. The van der Waals surface area contributed by atoms with Crippen LogP contribution in [0.2, 0.25) is 0 Å². The van der Waals surface area contributed by atoms with E-state index in [0.717, 1.165) is 12.5 Å². The molecule has 0 aliphatic heterocycles. The van der Waals surface area contributed by atoms with E-state index in [1.165, 1.54) is 37.7 Å². The third-order valence-electron chi connectivity index (χ3n) is 3.83. The normalized spacial score (nSPS) is 19.6. The Kier molecular flexibility index (Phi) is 4.41. The van der Waals surface area contributed by atoms with Crippen LogP contribution >= 0.6 is 0 Å². The van der Waals surface area contributed by atoms with Crippen LogP contribution in [0.25, 0.3) is 0 Å². The average molecular weight is 217 g/mol. The Balaban J connectivity index is 1.76. The summed E-state index contributed by atoms with van der Waals surface area (Å²) in [6.07, 6.45) is 7.15. The molecule has 1 fully saturated rings. The summed E-state index contributed by atoms with van der Waals surface area (Å²) in [4.78, 5) is 0. The Bertz CT molecular complexity index is 288. The van der Waals surface area contributed by atoms with Gasteiger partial charge in [0.1, 0.15) is 0 Å². The van der Waals surface area contributed by atoms with Crippen molar-refractivity contribution >= 4 is 0 Å². The second-order valence-corrected chi connectivity index (χ2v) is 5.05. The SMILES string of the molecule is C[C@H](NCc1ccccc1)C1CCCCC1. The van der Waals surface area contributed by atoms with E-state index >= 15 is 0 Å². The van der Waals surface area contributed by atoms with Crippen molar-refractivity contribution in [1.82, 2.24) is 5.32 Å². The van der Waals surface area contributed by atoms with E-state index < -0.39 is 0 Å². The fourth-order valence-corrected chi connectivity index (χ4v) is 2.68. The summed E-state index contributed by atoms with van der Waals surface area (Å²) in [5.41, 5.74) is 1.39. The molecular formula is C15H23N. The molecule has 1 aromatic carbocycles. The van der Waals surface area contributed by atoms with Gasteiger partial charge in [0.2, 0.25) is 0 Å². The van der Waals surface area contributed by atoms with Gasteiger partial charge in [-0.05, 0) is 31.2 Å². The van der Waals surface area contributed by atoms with E-state index in [1.54, 1.807) is 0 Å². The van der Waals surface area contributed by atoms with Crippen LogP contribution in [0.5, 0.6) is 0 Å². The van der Waals surface area contributed by atoms with Crippen molar-refractivity contribution in [3.8, 4) is 0 Å². The smallest absolute Gasteiger partial charge is 0.0208 e. The molecule has 1 atom stereocenters. The minimum Gasteiger partial charge on any atom is -0.310 e.